The van der Waals surface area contributed by atoms with E-state index in [1.165, 1.54) is 0 Å². The van der Waals surface area contributed by atoms with Crippen molar-refractivity contribution in [2.45, 2.75) is 60.3 Å². The van der Waals surface area contributed by atoms with Crippen molar-refractivity contribution < 1.29 is 83.1 Å². The van der Waals surface area contributed by atoms with Crippen molar-refractivity contribution in [1.29, 1.82) is 0 Å². The lowest BCUT2D eigenvalue weighted by atomic mass is 9.92. The normalized spacial score (nSPS) is 17.8. The number of nitrogens with one attached hydrogen (secondary N) is 2. The Balaban J connectivity index is 7.39. The summed E-state index contributed by atoms with van der Waals surface area (Å²) in [5.41, 5.74) is 0.949. The van der Waals surface area contributed by atoms with Gasteiger partial charge in [-0.15, -0.1) is 4.83 Å². The molecule has 0 saturated heterocycles. The summed E-state index contributed by atoms with van der Waals surface area (Å²) < 4.78 is 245. The van der Waals surface area contributed by atoms with E-state index in [1.54, 1.807) is 0 Å². The summed E-state index contributed by atoms with van der Waals surface area (Å²) in [6.45, 7) is 0.105. The molecule has 200 valence electrons. The number of rotatable bonds is 10. The molecule has 0 rings (SSSR count). The number of alkyl halides is 17. The third-order valence-corrected chi connectivity index (χ3v) is 5.32. The fourth-order valence-electron chi connectivity index (χ4n) is 1.83. The first-order valence-corrected chi connectivity index (χ1v) is 9.00. The van der Waals surface area contributed by atoms with Gasteiger partial charge in [-0.3, -0.25) is 0 Å². The van der Waals surface area contributed by atoms with Crippen LogP contribution in [0.5, 0.6) is 0 Å². The molecule has 0 aromatic heterocycles. The molecule has 1 unspecified atom stereocenters. The molecule has 0 fully saturated rings. The monoisotopic (exact) mass is 556 g/mol. The largest absolute Gasteiger partial charge is 0.460 e. The van der Waals surface area contributed by atoms with E-state index in [0.29, 0.717) is 0 Å². The van der Waals surface area contributed by atoms with Crippen LogP contribution in [-0.2, 0) is 10.0 Å². The van der Waals surface area contributed by atoms with E-state index in [1.807, 2.05) is 0 Å². The summed E-state index contributed by atoms with van der Waals surface area (Å²) in [5.74, 6) is -43.0. The Morgan fingerprint density at radius 3 is 1.18 bits per heavy atom. The lowest BCUT2D eigenvalue weighted by molar-refractivity contribution is -0.441. The van der Waals surface area contributed by atoms with E-state index in [0.717, 1.165) is 12.3 Å². The third kappa shape index (κ3) is 4.29. The van der Waals surface area contributed by atoms with Crippen LogP contribution in [0.15, 0.2) is 0 Å². The Kier molecular flexibility index (Phi) is 8.08. The van der Waals surface area contributed by atoms with Crippen LogP contribution in [0.2, 0.25) is 0 Å². The summed E-state index contributed by atoms with van der Waals surface area (Å²) in [4.78, 5) is -0.0234. The maximum atomic E-state index is 14.5. The van der Waals surface area contributed by atoms with Gasteiger partial charge in [-0.2, -0.15) is 70.2 Å². The molecule has 0 heterocycles. The molecule has 0 aromatic carbocycles. The van der Waals surface area contributed by atoms with Crippen LogP contribution < -0.4 is 10.3 Å². The molecule has 33 heavy (non-hydrogen) atoms. The molecule has 2 N–H and O–H groups in total. The van der Waals surface area contributed by atoms with Gasteiger partial charge in [-0.1, -0.05) is 6.92 Å². The molecule has 4 nitrogen and oxygen atoms in total. The summed E-state index contributed by atoms with van der Waals surface area (Å²) in [7, 11) is -8.00. The second kappa shape index (κ2) is 8.41. The number of halogens is 17. The second-order valence-corrected chi connectivity index (χ2v) is 7.77. The van der Waals surface area contributed by atoms with Gasteiger partial charge in [0, 0.05) is 6.54 Å². The van der Waals surface area contributed by atoms with E-state index in [-0.39, 0.29) is 11.3 Å². The Labute approximate surface area is 171 Å². The van der Waals surface area contributed by atoms with Gasteiger partial charge < -0.3 is 0 Å². The second-order valence-electron chi connectivity index (χ2n) is 6.00. The average Bonchev–Trinajstić information content (AvgIpc) is 2.58. The van der Waals surface area contributed by atoms with Gasteiger partial charge in [0.25, 0.3) is 10.0 Å². The molecular formula is C11H9F17N2O2S. The maximum absolute atomic E-state index is 14.5. The van der Waals surface area contributed by atoms with Crippen LogP contribution in [0.3, 0.4) is 0 Å². The summed E-state index contributed by atoms with van der Waals surface area (Å²) in [6.07, 6.45) is -16.2. The maximum Gasteiger partial charge on any atom is 0.460 e. The minimum atomic E-state index is -8.85. The zero-order valence-corrected chi connectivity index (χ0v) is 15.9. The van der Waals surface area contributed by atoms with Crippen LogP contribution in [-0.4, -0.2) is 61.9 Å². The lowest BCUT2D eigenvalue weighted by Gasteiger charge is -2.44. The Morgan fingerprint density at radius 1 is 0.545 bits per heavy atom. The van der Waals surface area contributed by atoms with Crippen LogP contribution in [0, 0.1) is 0 Å². The molecule has 0 aromatic rings. The minimum Gasteiger partial charge on any atom is -0.244 e. The van der Waals surface area contributed by atoms with Gasteiger partial charge in [-0.25, -0.2) is 18.2 Å². The molecule has 0 amide bonds. The molecular weight excluding hydrogens is 547 g/mol. The zero-order valence-electron chi connectivity index (χ0n) is 15.1. The van der Waals surface area contributed by atoms with Crippen LogP contribution in [0.4, 0.5) is 74.6 Å². The zero-order chi connectivity index (χ0) is 27.3. The van der Waals surface area contributed by atoms with E-state index in [9.17, 15) is 83.1 Å². The predicted molar refractivity (Wildman–Crippen MR) is 71.0 cm³/mol. The molecule has 1 atom stereocenters. The molecule has 0 radical (unpaired) electrons. The fraction of sp³-hybridized carbons (Fsp3) is 1.00. The summed E-state index contributed by atoms with van der Waals surface area (Å²) in [5, 5.41) is -8.32. The lowest BCUT2D eigenvalue weighted by Crippen LogP contribution is -2.78. The molecule has 0 aliphatic heterocycles. The van der Waals surface area contributed by atoms with Crippen LogP contribution in [0.25, 0.3) is 0 Å². The molecule has 0 bridgehead atoms. The average molecular weight is 556 g/mol. The van der Waals surface area contributed by atoms with Crippen molar-refractivity contribution in [2.24, 2.45) is 0 Å². The van der Waals surface area contributed by atoms with Gasteiger partial charge in [-0.05, 0) is 6.42 Å². The molecule has 0 spiro atoms. The smallest absolute Gasteiger partial charge is 0.244 e. The minimum absolute atomic E-state index is 0.0234. The quantitative estimate of drug-likeness (QED) is 0.231. The van der Waals surface area contributed by atoms with Crippen LogP contribution in [0.1, 0.15) is 13.3 Å². The van der Waals surface area contributed by atoms with E-state index < -0.39 is 63.5 Å². The Hall–Kier alpha value is -1.32. The van der Waals surface area contributed by atoms with Crippen molar-refractivity contribution >= 4 is 10.0 Å². The highest BCUT2D eigenvalue weighted by atomic mass is 32.2. The summed E-state index contributed by atoms with van der Waals surface area (Å²) >= 11 is 0. The topological polar surface area (TPSA) is 58.2 Å². The first kappa shape index (κ1) is 31.7. The number of sulfonamides is 1. The standard InChI is InChI=1S/C11H9F17N2O2S/c1-2-3-29-30-33(31,32)9(22,8(20,21)11(26,27)28)6(16,17)4(12,13)5(14,15)7(18,19)10(23,24)25/h29-30H,2-3H2,1H3. The first-order valence-electron chi connectivity index (χ1n) is 7.51. The van der Waals surface area contributed by atoms with Crippen molar-refractivity contribution in [3.63, 3.8) is 0 Å². The van der Waals surface area contributed by atoms with Gasteiger partial charge in [0.2, 0.25) is 0 Å². The Morgan fingerprint density at radius 2 is 0.879 bits per heavy atom. The highest BCUT2D eigenvalue weighted by Crippen LogP contribution is 2.64. The number of hydrazine groups is 1. The van der Waals surface area contributed by atoms with Crippen molar-refractivity contribution in [2.75, 3.05) is 6.54 Å². The fourth-order valence-corrected chi connectivity index (χ4v) is 3.18. The summed E-state index contributed by atoms with van der Waals surface area (Å²) in [6, 6.07) is 0. The van der Waals surface area contributed by atoms with Gasteiger partial charge >= 0.3 is 47.0 Å². The third-order valence-electron chi connectivity index (χ3n) is 3.65. The van der Waals surface area contributed by atoms with E-state index in [2.05, 4.69) is 0 Å². The van der Waals surface area contributed by atoms with Crippen LogP contribution >= 0.6 is 0 Å². The SMILES string of the molecule is CCCNNS(=O)(=O)C(F)(C(F)(F)C(F)(F)F)C(F)(F)C(F)(F)C(F)(F)C(F)(F)C(F)(F)F. The van der Waals surface area contributed by atoms with Crippen molar-refractivity contribution in [3.05, 3.63) is 0 Å². The van der Waals surface area contributed by atoms with Gasteiger partial charge in [0.1, 0.15) is 0 Å². The number of hydrogen-bond acceptors (Lipinski definition) is 3. The highest BCUT2D eigenvalue weighted by molar-refractivity contribution is 7.90. The van der Waals surface area contributed by atoms with Gasteiger partial charge in [0.05, 0.1) is 0 Å². The molecule has 0 aliphatic carbocycles. The van der Waals surface area contributed by atoms with E-state index in [4.69, 9.17) is 0 Å². The Bertz CT molecular complexity index is 803. The number of hydrogen-bond donors (Lipinski definition) is 2. The molecule has 22 heteroatoms. The molecule has 0 aliphatic rings. The predicted octanol–water partition coefficient (Wildman–Crippen LogP) is 4.79. The van der Waals surface area contributed by atoms with Gasteiger partial charge in [0.15, 0.2) is 0 Å². The van der Waals surface area contributed by atoms with Crippen molar-refractivity contribution in [1.82, 2.24) is 10.3 Å². The van der Waals surface area contributed by atoms with E-state index >= 15 is 0 Å². The highest BCUT2D eigenvalue weighted by Gasteiger charge is 2.97. The van der Waals surface area contributed by atoms with Crippen molar-refractivity contribution in [3.8, 4) is 0 Å². The molecule has 0 saturated carbocycles. The first-order chi connectivity index (χ1) is 14.1.